The van der Waals surface area contributed by atoms with E-state index in [0.717, 1.165) is 22.2 Å². The van der Waals surface area contributed by atoms with E-state index in [9.17, 15) is 10.1 Å². The first-order chi connectivity index (χ1) is 19.6. The molecule has 5 aromatic rings. The van der Waals surface area contributed by atoms with Crippen molar-refractivity contribution in [3.63, 3.8) is 0 Å². The van der Waals surface area contributed by atoms with E-state index in [1.165, 1.54) is 11.3 Å². The molecule has 10 heteroatoms. The molecule has 1 N–H and O–H groups in total. The third kappa shape index (κ3) is 6.46. The van der Waals surface area contributed by atoms with Crippen molar-refractivity contribution in [3.8, 4) is 23.3 Å². The molecule has 5 rings (SSSR count). The van der Waals surface area contributed by atoms with Gasteiger partial charge in [-0.05, 0) is 36.4 Å². The van der Waals surface area contributed by atoms with Crippen LogP contribution in [0.4, 0.5) is 5.13 Å². The molecule has 9 nitrogen and oxygen atoms in total. The predicted molar refractivity (Wildman–Crippen MR) is 153 cm³/mol. The van der Waals surface area contributed by atoms with Crippen LogP contribution in [0.5, 0.6) is 17.2 Å². The van der Waals surface area contributed by atoms with E-state index in [1.807, 2.05) is 95.7 Å². The number of amides is 1. The molecule has 2 aromatic heterocycles. The molecule has 0 fully saturated rings. The number of methoxy groups -OCH3 is 1. The summed E-state index contributed by atoms with van der Waals surface area (Å²) in [5.41, 5.74) is 1.67. The van der Waals surface area contributed by atoms with Crippen molar-refractivity contribution in [2.75, 3.05) is 19.0 Å². The average molecular weight is 552 g/mol. The van der Waals surface area contributed by atoms with Crippen LogP contribution in [0.15, 0.2) is 90.6 Å². The molecule has 0 unspecified atom stereocenters. The molecule has 0 aliphatic rings. The summed E-state index contributed by atoms with van der Waals surface area (Å²) in [6, 6.07) is 26.6. The second-order valence-corrected chi connectivity index (χ2v) is 9.61. The Morgan fingerprint density at radius 3 is 2.60 bits per heavy atom. The molecule has 2 heterocycles. The van der Waals surface area contributed by atoms with Gasteiger partial charge in [-0.25, -0.2) is 0 Å². The number of carbonyl (C=O) groups excluding carboxylic acids is 1. The molecular weight excluding hydrogens is 526 g/mol. The summed E-state index contributed by atoms with van der Waals surface area (Å²) in [7, 11) is 1.61. The van der Waals surface area contributed by atoms with Gasteiger partial charge < -0.3 is 18.8 Å². The van der Waals surface area contributed by atoms with Gasteiger partial charge in [0.25, 0.3) is 5.91 Å². The van der Waals surface area contributed by atoms with Crippen molar-refractivity contribution in [3.05, 3.63) is 101 Å². The van der Waals surface area contributed by atoms with Crippen molar-refractivity contribution in [1.29, 1.82) is 5.26 Å². The van der Waals surface area contributed by atoms with Crippen LogP contribution in [0.3, 0.4) is 0 Å². The lowest BCUT2D eigenvalue weighted by atomic mass is 10.1. The standard InChI is InChI=1S/C30H25N5O4S/c1-37-24-10-7-11-25(17-24)38-15-14-35-19-22(26-12-5-6-13-27(26)35)16-21(18-31)29(36)32-30-34-33-28(40-30)20-39-23-8-3-2-4-9-23/h2-13,16-17,19H,14-15,20H2,1H3,(H,32,34,36)/b21-16-. The third-order valence-electron chi connectivity index (χ3n) is 5.92. The van der Waals surface area contributed by atoms with Gasteiger partial charge in [-0.2, -0.15) is 5.26 Å². The van der Waals surface area contributed by atoms with Crippen molar-refractivity contribution >= 4 is 39.4 Å². The summed E-state index contributed by atoms with van der Waals surface area (Å²) in [5.74, 6) is 1.59. The fraction of sp³-hybridized carbons (Fsp3) is 0.133. The zero-order valence-electron chi connectivity index (χ0n) is 21.6. The van der Waals surface area contributed by atoms with Crippen molar-refractivity contribution in [1.82, 2.24) is 14.8 Å². The highest BCUT2D eigenvalue weighted by Gasteiger charge is 2.15. The van der Waals surface area contributed by atoms with E-state index in [1.54, 1.807) is 13.2 Å². The first-order valence-corrected chi connectivity index (χ1v) is 13.2. The molecule has 200 valence electrons. The summed E-state index contributed by atoms with van der Waals surface area (Å²) in [6.45, 7) is 1.21. The molecule has 0 aliphatic carbocycles. The van der Waals surface area contributed by atoms with E-state index in [-0.39, 0.29) is 17.3 Å². The number of nitrogens with one attached hydrogen (secondary N) is 1. The van der Waals surface area contributed by atoms with E-state index in [0.29, 0.717) is 29.7 Å². The molecule has 3 aromatic carbocycles. The molecule has 0 saturated carbocycles. The maximum Gasteiger partial charge on any atom is 0.268 e. The minimum atomic E-state index is -0.563. The van der Waals surface area contributed by atoms with Crippen molar-refractivity contribution < 1.29 is 19.0 Å². The lowest BCUT2D eigenvalue weighted by molar-refractivity contribution is -0.112. The Morgan fingerprint density at radius 2 is 1.77 bits per heavy atom. The largest absolute Gasteiger partial charge is 0.497 e. The van der Waals surface area contributed by atoms with Gasteiger partial charge in [-0.15, -0.1) is 10.2 Å². The van der Waals surface area contributed by atoms with Crippen molar-refractivity contribution in [2.45, 2.75) is 13.2 Å². The van der Waals surface area contributed by atoms with Crippen LogP contribution in [0.25, 0.3) is 17.0 Å². The summed E-state index contributed by atoms with van der Waals surface area (Å²) in [5, 5.41) is 22.3. The Kier molecular flexibility index (Phi) is 8.34. The van der Waals surface area contributed by atoms with Gasteiger partial charge >= 0.3 is 0 Å². The van der Waals surface area contributed by atoms with Gasteiger partial charge in [-0.1, -0.05) is 53.8 Å². The lowest BCUT2D eigenvalue weighted by Gasteiger charge is -2.09. The van der Waals surface area contributed by atoms with E-state index in [2.05, 4.69) is 15.5 Å². The highest BCUT2D eigenvalue weighted by Crippen LogP contribution is 2.25. The third-order valence-corrected chi connectivity index (χ3v) is 6.73. The maximum atomic E-state index is 12.9. The van der Waals surface area contributed by atoms with Crippen LogP contribution >= 0.6 is 11.3 Å². The topological polar surface area (TPSA) is 111 Å². The molecule has 0 radical (unpaired) electrons. The Balaban J connectivity index is 1.26. The number of para-hydroxylation sites is 2. The Bertz CT molecular complexity index is 1690. The van der Waals surface area contributed by atoms with Gasteiger partial charge in [0.15, 0.2) is 5.01 Å². The molecule has 1 amide bonds. The average Bonchev–Trinajstić information content (AvgIpc) is 3.59. The zero-order chi connectivity index (χ0) is 27.7. The molecule has 40 heavy (non-hydrogen) atoms. The number of fused-ring (bicyclic) bond motifs is 1. The fourth-order valence-electron chi connectivity index (χ4n) is 4.02. The second kappa shape index (κ2) is 12.6. The Hall–Kier alpha value is -5.14. The number of ether oxygens (including phenoxy) is 3. The Morgan fingerprint density at radius 1 is 1.00 bits per heavy atom. The quantitative estimate of drug-likeness (QED) is 0.165. The van der Waals surface area contributed by atoms with E-state index >= 15 is 0 Å². The van der Waals surface area contributed by atoms with Gasteiger partial charge in [0.05, 0.1) is 13.7 Å². The highest BCUT2D eigenvalue weighted by atomic mass is 32.1. The number of nitriles is 1. The first-order valence-electron chi connectivity index (χ1n) is 12.4. The van der Waals surface area contributed by atoms with E-state index < -0.39 is 5.91 Å². The molecule has 0 aliphatic heterocycles. The normalized spacial score (nSPS) is 11.2. The number of rotatable bonds is 11. The SMILES string of the molecule is COc1cccc(OCCn2cc(/C=C(/C#N)C(=O)Nc3nnc(COc4ccccc4)s3)c3ccccc32)c1. The zero-order valence-corrected chi connectivity index (χ0v) is 22.4. The number of hydrogen-bond acceptors (Lipinski definition) is 8. The number of aromatic nitrogens is 3. The summed E-state index contributed by atoms with van der Waals surface area (Å²) >= 11 is 1.19. The van der Waals surface area contributed by atoms with Gasteiger partial charge in [-0.3, -0.25) is 10.1 Å². The van der Waals surface area contributed by atoms with E-state index in [4.69, 9.17) is 14.2 Å². The number of anilines is 1. The number of benzene rings is 3. The first kappa shape index (κ1) is 26.5. The summed E-state index contributed by atoms with van der Waals surface area (Å²) in [6.07, 6.45) is 3.49. The van der Waals surface area contributed by atoms with Gasteiger partial charge in [0.1, 0.15) is 42.1 Å². The van der Waals surface area contributed by atoms with Crippen LogP contribution in [-0.2, 0) is 17.9 Å². The molecule has 0 atom stereocenters. The van der Waals surface area contributed by atoms with Crippen LogP contribution in [0, 0.1) is 11.3 Å². The molecule has 0 saturated heterocycles. The monoisotopic (exact) mass is 551 g/mol. The van der Waals surface area contributed by atoms with Crippen LogP contribution in [0.1, 0.15) is 10.6 Å². The lowest BCUT2D eigenvalue weighted by Crippen LogP contribution is -2.13. The minimum Gasteiger partial charge on any atom is -0.497 e. The van der Waals surface area contributed by atoms with Crippen LogP contribution < -0.4 is 19.5 Å². The highest BCUT2D eigenvalue weighted by molar-refractivity contribution is 7.15. The Labute approximate surface area is 234 Å². The smallest absolute Gasteiger partial charge is 0.268 e. The maximum absolute atomic E-state index is 12.9. The number of hydrogen-bond donors (Lipinski definition) is 1. The van der Waals surface area contributed by atoms with Crippen molar-refractivity contribution in [2.24, 2.45) is 0 Å². The predicted octanol–water partition coefficient (Wildman–Crippen LogP) is 5.71. The second-order valence-electron chi connectivity index (χ2n) is 8.55. The molecule has 0 spiro atoms. The minimum absolute atomic E-state index is 0.0483. The van der Waals surface area contributed by atoms with Gasteiger partial charge in [0, 0.05) is 28.7 Å². The summed E-state index contributed by atoms with van der Waals surface area (Å²) < 4.78 is 18.9. The van der Waals surface area contributed by atoms with Gasteiger partial charge in [0.2, 0.25) is 5.13 Å². The van der Waals surface area contributed by atoms with Crippen LogP contribution in [0.2, 0.25) is 0 Å². The molecule has 0 bridgehead atoms. The van der Waals surface area contributed by atoms with Crippen LogP contribution in [-0.4, -0.2) is 34.4 Å². The number of nitrogens with zero attached hydrogens (tertiary/aromatic N) is 4. The molecular formula is C30H25N5O4S. The number of carbonyl (C=O) groups is 1. The summed E-state index contributed by atoms with van der Waals surface area (Å²) in [4.78, 5) is 12.9. The fourth-order valence-corrected chi connectivity index (χ4v) is 4.67.